The number of aliphatic hydroxyl groups excluding tert-OH is 1. The topological polar surface area (TPSA) is 82.5 Å². The molecule has 0 bridgehead atoms. The van der Waals surface area contributed by atoms with Crippen LogP contribution in [0, 0.1) is 5.92 Å². The average Bonchev–Trinajstić information content (AvgIpc) is 2.55. The largest absolute Gasteiger partial charge is 0.396 e. The van der Waals surface area contributed by atoms with Gasteiger partial charge in [0.2, 0.25) is 11.8 Å². The molecule has 0 radical (unpaired) electrons. The number of pyridine rings is 1. The van der Waals surface area contributed by atoms with Crippen molar-refractivity contribution >= 4 is 17.6 Å². The Labute approximate surface area is 129 Å². The van der Waals surface area contributed by atoms with Crippen LogP contribution in [0.1, 0.15) is 37.2 Å². The highest BCUT2D eigenvalue weighted by Crippen LogP contribution is 2.28. The Bertz CT molecular complexity index is 568. The number of nitrogens with one attached hydrogen (secondary N) is 1. The lowest BCUT2D eigenvalue weighted by Crippen LogP contribution is -2.39. The Hall–Kier alpha value is -1.95. The molecule has 2 aliphatic heterocycles. The van der Waals surface area contributed by atoms with E-state index in [-0.39, 0.29) is 24.3 Å². The molecule has 2 aliphatic rings. The van der Waals surface area contributed by atoms with Crippen LogP contribution in [0.15, 0.2) is 18.3 Å². The number of aromatic nitrogens is 1. The zero-order valence-electron chi connectivity index (χ0n) is 12.5. The molecule has 3 heterocycles. The number of carbonyl (C=O) groups excluding carboxylic acids is 2. The lowest BCUT2D eigenvalue weighted by Gasteiger charge is -2.32. The first-order valence-electron chi connectivity index (χ1n) is 7.83. The molecule has 0 aromatic carbocycles. The molecular weight excluding hydrogens is 282 g/mol. The van der Waals surface area contributed by atoms with Crippen molar-refractivity contribution in [2.24, 2.45) is 5.92 Å². The highest BCUT2D eigenvalue weighted by atomic mass is 16.3. The first-order valence-corrected chi connectivity index (χ1v) is 7.83. The van der Waals surface area contributed by atoms with Gasteiger partial charge in [-0.25, -0.2) is 4.98 Å². The second-order valence-corrected chi connectivity index (χ2v) is 6.06. The zero-order valence-corrected chi connectivity index (χ0v) is 12.5. The van der Waals surface area contributed by atoms with E-state index in [9.17, 15) is 14.7 Å². The predicted molar refractivity (Wildman–Crippen MR) is 81.4 cm³/mol. The molecule has 2 amide bonds. The smallest absolute Gasteiger partial charge is 0.234 e. The maximum absolute atomic E-state index is 12.0. The molecule has 1 atom stereocenters. The van der Waals surface area contributed by atoms with Crippen molar-refractivity contribution in [2.75, 3.05) is 24.6 Å². The summed E-state index contributed by atoms with van der Waals surface area (Å²) in [6.45, 7) is 1.99. The molecule has 6 nitrogen and oxygen atoms in total. The van der Waals surface area contributed by atoms with Gasteiger partial charge in [-0.1, -0.05) is 0 Å². The first-order chi connectivity index (χ1) is 10.7. The number of piperidine rings is 2. The molecule has 1 aromatic rings. The maximum Gasteiger partial charge on any atom is 0.234 e. The first kappa shape index (κ1) is 15.0. The van der Waals surface area contributed by atoms with E-state index in [4.69, 9.17) is 0 Å². The van der Waals surface area contributed by atoms with Crippen molar-refractivity contribution in [3.05, 3.63) is 23.9 Å². The van der Waals surface area contributed by atoms with Crippen LogP contribution in [0.25, 0.3) is 0 Å². The summed E-state index contributed by atoms with van der Waals surface area (Å²) in [5, 5.41) is 11.6. The normalized spacial score (nSPS) is 23.5. The van der Waals surface area contributed by atoms with Crippen molar-refractivity contribution < 1.29 is 14.7 Å². The van der Waals surface area contributed by atoms with Crippen LogP contribution >= 0.6 is 0 Å². The van der Waals surface area contributed by atoms with E-state index in [2.05, 4.69) is 15.2 Å². The van der Waals surface area contributed by atoms with Crippen molar-refractivity contribution in [2.45, 2.75) is 31.6 Å². The van der Waals surface area contributed by atoms with Gasteiger partial charge in [0, 0.05) is 32.3 Å². The summed E-state index contributed by atoms with van der Waals surface area (Å²) in [6, 6.07) is 3.81. The molecular formula is C16H21N3O3. The minimum Gasteiger partial charge on any atom is -0.396 e. The Kier molecular flexibility index (Phi) is 4.38. The summed E-state index contributed by atoms with van der Waals surface area (Å²) in [6.07, 6.45) is 4.59. The van der Waals surface area contributed by atoms with Gasteiger partial charge >= 0.3 is 0 Å². The lowest BCUT2D eigenvalue weighted by molar-refractivity contribution is -0.134. The van der Waals surface area contributed by atoms with Crippen molar-refractivity contribution in [3.8, 4) is 0 Å². The third-order valence-corrected chi connectivity index (χ3v) is 4.61. The summed E-state index contributed by atoms with van der Waals surface area (Å²) in [5.41, 5.74) is 0.916. The molecule has 118 valence electrons. The summed E-state index contributed by atoms with van der Waals surface area (Å²) in [5.74, 6) is 0.580. The molecule has 6 heteroatoms. The Morgan fingerprint density at radius 2 is 2.05 bits per heavy atom. The summed E-state index contributed by atoms with van der Waals surface area (Å²) >= 11 is 0. The van der Waals surface area contributed by atoms with Crippen molar-refractivity contribution in [3.63, 3.8) is 0 Å². The number of amides is 2. The van der Waals surface area contributed by atoms with Crippen LogP contribution in [0.4, 0.5) is 5.82 Å². The Morgan fingerprint density at radius 1 is 1.27 bits per heavy atom. The van der Waals surface area contributed by atoms with E-state index in [1.165, 1.54) is 0 Å². The molecule has 0 saturated carbocycles. The Morgan fingerprint density at radius 3 is 2.73 bits per heavy atom. The van der Waals surface area contributed by atoms with E-state index >= 15 is 0 Å². The van der Waals surface area contributed by atoms with Gasteiger partial charge < -0.3 is 10.0 Å². The molecule has 3 rings (SSSR count). The summed E-state index contributed by atoms with van der Waals surface area (Å²) < 4.78 is 0. The fraction of sp³-hybridized carbons (Fsp3) is 0.562. The maximum atomic E-state index is 12.0. The van der Waals surface area contributed by atoms with E-state index in [0.29, 0.717) is 18.8 Å². The van der Waals surface area contributed by atoms with Crippen LogP contribution in [0.5, 0.6) is 0 Å². The molecule has 0 aliphatic carbocycles. The third kappa shape index (κ3) is 3.11. The minimum atomic E-state index is -0.269. The van der Waals surface area contributed by atoms with Crippen molar-refractivity contribution in [1.82, 2.24) is 10.3 Å². The van der Waals surface area contributed by atoms with Gasteiger partial charge in [-0.15, -0.1) is 0 Å². The second kappa shape index (κ2) is 6.44. The number of rotatable bonds is 3. The molecule has 1 aromatic heterocycles. The number of aliphatic hydroxyl groups is 1. The second-order valence-electron chi connectivity index (χ2n) is 6.06. The van der Waals surface area contributed by atoms with Crippen LogP contribution in [-0.2, 0) is 9.59 Å². The van der Waals surface area contributed by atoms with Crippen LogP contribution < -0.4 is 10.2 Å². The molecule has 0 spiro atoms. The van der Waals surface area contributed by atoms with E-state index in [1.54, 1.807) is 6.20 Å². The number of hydrogen-bond donors (Lipinski definition) is 2. The van der Waals surface area contributed by atoms with Crippen LogP contribution in [0.3, 0.4) is 0 Å². The average molecular weight is 303 g/mol. The lowest BCUT2D eigenvalue weighted by atomic mass is 9.91. The number of carbonyl (C=O) groups is 2. The van der Waals surface area contributed by atoms with Crippen molar-refractivity contribution in [1.29, 1.82) is 0 Å². The fourth-order valence-electron chi connectivity index (χ4n) is 3.18. The van der Waals surface area contributed by atoms with Crippen LogP contribution in [-0.4, -0.2) is 41.6 Å². The SMILES string of the molecule is O=C1CCC(c2ccnc(N3CCC(CO)CC3)c2)C(=O)N1. The van der Waals surface area contributed by atoms with Gasteiger partial charge in [0.15, 0.2) is 0 Å². The number of anilines is 1. The highest BCUT2D eigenvalue weighted by molar-refractivity contribution is 6.00. The summed E-state index contributed by atoms with van der Waals surface area (Å²) in [7, 11) is 0. The van der Waals surface area contributed by atoms with Gasteiger partial charge in [-0.3, -0.25) is 14.9 Å². The number of nitrogens with zero attached hydrogens (tertiary/aromatic N) is 2. The highest BCUT2D eigenvalue weighted by Gasteiger charge is 2.28. The Balaban J connectivity index is 1.73. The van der Waals surface area contributed by atoms with E-state index in [0.717, 1.165) is 37.3 Å². The minimum absolute atomic E-state index is 0.193. The quantitative estimate of drug-likeness (QED) is 0.808. The van der Waals surface area contributed by atoms with Gasteiger partial charge in [0.1, 0.15) is 5.82 Å². The molecule has 2 fully saturated rings. The third-order valence-electron chi connectivity index (χ3n) is 4.61. The zero-order chi connectivity index (χ0) is 15.5. The van der Waals surface area contributed by atoms with E-state index in [1.807, 2.05) is 12.1 Å². The number of hydrogen-bond acceptors (Lipinski definition) is 5. The molecule has 2 N–H and O–H groups in total. The molecule has 22 heavy (non-hydrogen) atoms. The fourth-order valence-corrected chi connectivity index (χ4v) is 3.18. The van der Waals surface area contributed by atoms with Gasteiger partial charge in [-0.05, 0) is 42.9 Å². The molecule has 2 saturated heterocycles. The van der Waals surface area contributed by atoms with Gasteiger partial charge in [-0.2, -0.15) is 0 Å². The monoisotopic (exact) mass is 303 g/mol. The van der Waals surface area contributed by atoms with Gasteiger partial charge in [0.25, 0.3) is 0 Å². The predicted octanol–water partition coefficient (Wildman–Crippen LogP) is 0.810. The van der Waals surface area contributed by atoms with Gasteiger partial charge in [0.05, 0.1) is 5.92 Å². The summed E-state index contributed by atoms with van der Waals surface area (Å²) in [4.78, 5) is 29.8. The van der Waals surface area contributed by atoms with E-state index < -0.39 is 0 Å². The number of imide groups is 1. The standard InChI is InChI=1S/C16H21N3O3/c20-10-11-4-7-19(8-5-11)14-9-12(3-6-17-14)13-1-2-15(21)18-16(13)22/h3,6,9,11,13,20H,1-2,4-5,7-8,10H2,(H,18,21,22). The van der Waals surface area contributed by atoms with Crippen LogP contribution in [0.2, 0.25) is 0 Å². The molecule has 1 unspecified atom stereocenters.